The van der Waals surface area contributed by atoms with Crippen LogP contribution in [0.5, 0.6) is 0 Å². The molecular weight excluding hydrogens is 420 g/mol. The van der Waals surface area contributed by atoms with E-state index in [1.165, 1.54) is 0 Å². The molecule has 0 spiro atoms. The maximum Gasteiger partial charge on any atom is 0.159 e. The Morgan fingerprint density at radius 2 is 1.79 bits per heavy atom. The van der Waals surface area contributed by atoms with Crippen LogP contribution in [0.15, 0.2) is 23.8 Å². The Morgan fingerprint density at radius 1 is 1.12 bits per heavy atom. The number of carbonyl (C=O) groups is 1. The van der Waals surface area contributed by atoms with E-state index in [0.717, 1.165) is 12.0 Å². The maximum absolute atomic E-state index is 13.2. The van der Waals surface area contributed by atoms with Crippen LogP contribution in [-0.4, -0.2) is 60.3 Å². The molecule has 4 aliphatic carbocycles. The van der Waals surface area contributed by atoms with E-state index in [2.05, 4.69) is 6.92 Å². The molecule has 0 aromatic rings. The highest BCUT2D eigenvalue weighted by Gasteiger charge is 2.68. The van der Waals surface area contributed by atoms with Gasteiger partial charge in [0.1, 0.15) is 0 Å². The number of hydrogen-bond acceptors (Lipinski definition) is 6. The van der Waals surface area contributed by atoms with E-state index in [4.69, 9.17) is 0 Å². The van der Waals surface area contributed by atoms with Gasteiger partial charge < -0.3 is 25.5 Å². The summed E-state index contributed by atoms with van der Waals surface area (Å²) in [6.07, 6.45) is 7.23. The SMILES string of the molecule is CC(C)(O)CC[C@@H](O)[C@](C)(O)[C@H]1CC[C@@]2(O)C3=CC(=O)[C@H]4C[C@@H](O)C=C[C@]4(C)[C@H]3CC[C@]12C. The summed E-state index contributed by atoms with van der Waals surface area (Å²) in [5, 5.41) is 54.9. The lowest BCUT2D eigenvalue weighted by atomic mass is 9.47. The van der Waals surface area contributed by atoms with E-state index in [1.54, 1.807) is 32.9 Å². The Bertz CT molecular complexity index is 868. The molecular formula is C27H42O6. The molecule has 0 saturated heterocycles. The van der Waals surface area contributed by atoms with Gasteiger partial charge in [0, 0.05) is 16.7 Å². The molecule has 0 aliphatic heterocycles. The van der Waals surface area contributed by atoms with Crippen LogP contribution >= 0.6 is 0 Å². The molecule has 4 aliphatic rings. The van der Waals surface area contributed by atoms with E-state index in [-0.39, 0.29) is 30.0 Å². The first-order valence-corrected chi connectivity index (χ1v) is 12.5. The summed E-state index contributed by atoms with van der Waals surface area (Å²) >= 11 is 0. The van der Waals surface area contributed by atoms with E-state index >= 15 is 0 Å². The van der Waals surface area contributed by atoms with Gasteiger partial charge in [-0.2, -0.15) is 0 Å². The number of allylic oxidation sites excluding steroid dienone is 2. The summed E-state index contributed by atoms with van der Waals surface area (Å²) < 4.78 is 0. The number of rotatable bonds is 5. The monoisotopic (exact) mass is 462 g/mol. The van der Waals surface area contributed by atoms with Gasteiger partial charge in [0.05, 0.1) is 29.0 Å². The van der Waals surface area contributed by atoms with E-state index in [9.17, 15) is 30.3 Å². The molecule has 0 aromatic carbocycles. The molecule has 33 heavy (non-hydrogen) atoms. The number of fused-ring (bicyclic) bond motifs is 5. The highest BCUT2D eigenvalue weighted by Crippen LogP contribution is 2.68. The molecule has 2 fully saturated rings. The summed E-state index contributed by atoms with van der Waals surface area (Å²) in [6, 6.07) is 0. The first-order valence-electron chi connectivity index (χ1n) is 12.5. The zero-order valence-electron chi connectivity index (χ0n) is 20.7. The van der Waals surface area contributed by atoms with Crippen molar-refractivity contribution in [3.8, 4) is 0 Å². The lowest BCUT2D eigenvalue weighted by molar-refractivity contribution is -0.169. The number of ketones is 1. The molecule has 0 radical (unpaired) electrons. The molecule has 4 rings (SSSR count). The normalized spacial score (nSPS) is 45.5. The second-order valence-corrected chi connectivity index (χ2v) is 12.6. The first-order chi connectivity index (χ1) is 15.1. The quantitative estimate of drug-likeness (QED) is 0.401. The van der Waals surface area contributed by atoms with Crippen LogP contribution in [-0.2, 0) is 4.79 Å². The second kappa shape index (κ2) is 7.72. The number of aliphatic hydroxyl groups excluding tert-OH is 2. The average Bonchev–Trinajstić information content (AvgIpc) is 2.99. The zero-order chi connectivity index (χ0) is 24.6. The Morgan fingerprint density at radius 3 is 2.42 bits per heavy atom. The molecule has 6 nitrogen and oxygen atoms in total. The lowest BCUT2D eigenvalue weighted by Gasteiger charge is -2.59. The number of hydrogen-bond donors (Lipinski definition) is 5. The lowest BCUT2D eigenvalue weighted by Crippen LogP contribution is -2.61. The molecule has 0 bridgehead atoms. The first kappa shape index (κ1) is 25.1. The van der Waals surface area contributed by atoms with E-state index in [0.29, 0.717) is 32.1 Å². The van der Waals surface area contributed by atoms with Gasteiger partial charge in [0.15, 0.2) is 5.78 Å². The van der Waals surface area contributed by atoms with Crippen molar-refractivity contribution in [3.05, 3.63) is 23.8 Å². The van der Waals surface area contributed by atoms with Crippen LogP contribution < -0.4 is 0 Å². The van der Waals surface area contributed by atoms with E-state index in [1.807, 2.05) is 13.0 Å². The van der Waals surface area contributed by atoms with Crippen LogP contribution in [0.1, 0.15) is 79.6 Å². The van der Waals surface area contributed by atoms with Crippen molar-refractivity contribution in [2.75, 3.05) is 0 Å². The Balaban J connectivity index is 1.67. The van der Waals surface area contributed by atoms with Gasteiger partial charge in [0.25, 0.3) is 0 Å². The fraction of sp³-hybridized carbons (Fsp3) is 0.815. The summed E-state index contributed by atoms with van der Waals surface area (Å²) in [6.45, 7) is 9.09. The minimum Gasteiger partial charge on any atom is -0.390 e. The number of aliphatic hydroxyl groups is 5. The maximum atomic E-state index is 13.2. The van der Waals surface area contributed by atoms with Gasteiger partial charge in [-0.15, -0.1) is 0 Å². The van der Waals surface area contributed by atoms with Gasteiger partial charge in [-0.25, -0.2) is 0 Å². The third-order valence-corrected chi connectivity index (χ3v) is 10.0. The van der Waals surface area contributed by atoms with Gasteiger partial charge >= 0.3 is 0 Å². The summed E-state index contributed by atoms with van der Waals surface area (Å²) in [7, 11) is 0. The zero-order valence-corrected chi connectivity index (χ0v) is 20.7. The minimum absolute atomic E-state index is 0.00540. The van der Waals surface area contributed by atoms with Crippen molar-refractivity contribution in [2.24, 2.45) is 28.6 Å². The van der Waals surface area contributed by atoms with Crippen LogP contribution in [0.2, 0.25) is 0 Å². The molecule has 2 saturated carbocycles. The van der Waals surface area contributed by atoms with Crippen molar-refractivity contribution >= 4 is 5.78 Å². The summed E-state index contributed by atoms with van der Waals surface area (Å²) in [4.78, 5) is 13.2. The third kappa shape index (κ3) is 3.68. The minimum atomic E-state index is -1.43. The topological polar surface area (TPSA) is 118 Å². The predicted octanol–water partition coefficient (Wildman–Crippen LogP) is 2.66. The molecule has 9 atom stereocenters. The van der Waals surface area contributed by atoms with E-state index < -0.39 is 39.8 Å². The highest BCUT2D eigenvalue weighted by atomic mass is 16.3. The van der Waals surface area contributed by atoms with Crippen LogP contribution in [0.3, 0.4) is 0 Å². The molecule has 0 aromatic heterocycles. The number of carbonyl (C=O) groups excluding carboxylic acids is 1. The predicted molar refractivity (Wildman–Crippen MR) is 125 cm³/mol. The van der Waals surface area contributed by atoms with Gasteiger partial charge in [-0.1, -0.05) is 26.0 Å². The van der Waals surface area contributed by atoms with Gasteiger partial charge in [-0.3, -0.25) is 4.79 Å². The molecule has 5 N–H and O–H groups in total. The Kier molecular flexibility index (Phi) is 5.86. The van der Waals surface area contributed by atoms with Crippen molar-refractivity contribution in [1.82, 2.24) is 0 Å². The van der Waals surface area contributed by atoms with Crippen molar-refractivity contribution in [1.29, 1.82) is 0 Å². The second-order valence-electron chi connectivity index (χ2n) is 12.6. The van der Waals surface area contributed by atoms with Crippen LogP contribution in [0.25, 0.3) is 0 Å². The van der Waals surface area contributed by atoms with Gasteiger partial charge in [0.2, 0.25) is 0 Å². The fourth-order valence-corrected chi connectivity index (χ4v) is 7.85. The van der Waals surface area contributed by atoms with Gasteiger partial charge in [-0.05, 0) is 89.2 Å². The molecule has 0 heterocycles. The average molecular weight is 463 g/mol. The Labute approximate surface area is 197 Å². The summed E-state index contributed by atoms with van der Waals surface area (Å²) in [5.41, 5.74) is -3.95. The smallest absolute Gasteiger partial charge is 0.159 e. The summed E-state index contributed by atoms with van der Waals surface area (Å²) in [5.74, 6) is -0.669. The molecule has 0 unspecified atom stereocenters. The molecule has 186 valence electrons. The molecule has 0 amide bonds. The standard InChI is InChI=1S/C27H42O6/c1-23(2,31)10-9-22(30)26(5,32)21-8-13-27(33)18-15-20(29)19-14-16(28)6-11-24(19,3)17(18)7-12-25(21,27)4/h6,11,15-17,19,21-22,28,30-33H,7-10,12-14H2,1-5H3/t16-,17-,19+,21-,22+,24+,25+,26+,27+/m0/s1. The van der Waals surface area contributed by atoms with Crippen molar-refractivity contribution in [3.63, 3.8) is 0 Å². The fourth-order valence-electron chi connectivity index (χ4n) is 7.85. The highest BCUT2D eigenvalue weighted by molar-refractivity contribution is 5.95. The van der Waals surface area contributed by atoms with Crippen LogP contribution in [0, 0.1) is 28.6 Å². The third-order valence-electron chi connectivity index (χ3n) is 10.0. The van der Waals surface area contributed by atoms with Crippen molar-refractivity contribution in [2.45, 2.75) is 109 Å². The molecule has 6 heteroatoms. The van der Waals surface area contributed by atoms with Crippen molar-refractivity contribution < 1.29 is 30.3 Å². The largest absolute Gasteiger partial charge is 0.390 e. The van der Waals surface area contributed by atoms with Crippen LogP contribution in [0.4, 0.5) is 0 Å². The Hall–Kier alpha value is -1.05.